The van der Waals surface area contributed by atoms with Crippen LogP contribution in [0.2, 0.25) is 0 Å². The molecule has 0 aliphatic heterocycles. The summed E-state index contributed by atoms with van der Waals surface area (Å²) in [5.41, 5.74) is 0.252. The Balaban J connectivity index is 2.42. The van der Waals surface area contributed by atoms with Crippen LogP contribution in [0.15, 0.2) is 41.0 Å². The van der Waals surface area contributed by atoms with Gasteiger partial charge in [-0.05, 0) is 36.9 Å². The third-order valence-corrected chi connectivity index (χ3v) is 2.50. The molecule has 2 rings (SSSR count). The Kier molecular flexibility index (Phi) is 3.54. The highest BCUT2D eigenvalue weighted by Crippen LogP contribution is 2.25. The number of hydrogen-bond donors (Lipinski definition) is 1. The number of rotatable bonds is 4. The maximum atomic E-state index is 13.7. The average molecular weight is 237 g/mol. The van der Waals surface area contributed by atoms with Crippen molar-refractivity contribution in [1.29, 1.82) is 0 Å². The molecule has 1 unspecified atom stereocenters. The molecule has 0 saturated carbocycles. The number of furan rings is 1. The van der Waals surface area contributed by atoms with Gasteiger partial charge < -0.3 is 9.73 Å². The van der Waals surface area contributed by atoms with Crippen molar-refractivity contribution < 1.29 is 13.2 Å². The predicted molar refractivity (Wildman–Crippen MR) is 60.6 cm³/mol. The van der Waals surface area contributed by atoms with Crippen molar-refractivity contribution in [2.75, 3.05) is 6.54 Å². The molecule has 1 aromatic carbocycles. The summed E-state index contributed by atoms with van der Waals surface area (Å²) >= 11 is 0. The molecule has 2 nitrogen and oxygen atoms in total. The van der Waals surface area contributed by atoms with E-state index in [0.717, 1.165) is 12.1 Å². The minimum Gasteiger partial charge on any atom is -0.467 e. The van der Waals surface area contributed by atoms with Crippen molar-refractivity contribution in [1.82, 2.24) is 5.32 Å². The molecule has 1 aromatic heterocycles. The zero-order valence-corrected chi connectivity index (χ0v) is 9.41. The summed E-state index contributed by atoms with van der Waals surface area (Å²) in [6, 6.07) is 6.40. The van der Waals surface area contributed by atoms with E-state index in [-0.39, 0.29) is 5.56 Å². The third-order valence-electron chi connectivity index (χ3n) is 2.50. The second-order valence-electron chi connectivity index (χ2n) is 3.67. The molecule has 4 heteroatoms. The highest BCUT2D eigenvalue weighted by Gasteiger charge is 2.19. The highest BCUT2D eigenvalue weighted by molar-refractivity contribution is 5.28. The first kappa shape index (κ1) is 11.8. The molecule has 1 heterocycles. The first-order valence-corrected chi connectivity index (χ1v) is 5.44. The molecule has 17 heavy (non-hydrogen) atoms. The van der Waals surface area contributed by atoms with Crippen LogP contribution >= 0.6 is 0 Å². The molecular formula is C13H13F2NO. The second kappa shape index (κ2) is 5.10. The quantitative estimate of drug-likeness (QED) is 0.883. The van der Waals surface area contributed by atoms with Gasteiger partial charge in [-0.3, -0.25) is 0 Å². The summed E-state index contributed by atoms with van der Waals surface area (Å²) in [7, 11) is 0. The summed E-state index contributed by atoms with van der Waals surface area (Å²) < 4.78 is 32.1. The Morgan fingerprint density at radius 2 is 2.12 bits per heavy atom. The van der Waals surface area contributed by atoms with E-state index in [9.17, 15) is 8.78 Å². The summed E-state index contributed by atoms with van der Waals surface area (Å²) in [6.07, 6.45) is 1.51. The van der Waals surface area contributed by atoms with Crippen LogP contribution in [0, 0.1) is 11.6 Å². The van der Waals surface area contributed by atoms with Crippen LogP contribution in [-0.2, 0) is 0 Å². The fourth-order valence-corrected chi connectivity index (χ4v) is 1.76. The lowest BCUT2D eigenvalue weighted by molar-refractivity contribution is 0.439. The van der Waals surface area contributed by atoms with E-state index in [1.54, 1.807) is 12.1 Å². The topological polar surface area (TPSA) is 25.2 Å². The van der Waals surface area contributed by atoms with Gasteiger partial charge in [0.15, 0.2) is 0 Å². The smallest absolute Gasteiger partial charge is 0.128 e. The lowest BCUT2D eigenvalue weighted by Gasteiger charge is -2.16. The molecule has 0 aliphatic rings. The molecule has 0 amide bonds. The van der Waals surface area contributed by atoms with E-state index < -0.39 is 17.7 Å². The number of benzene rings is 1. The van der Waals surface area contributed by atoms with Crippen LogP contribution in [0.3, 0.4) is 0 Å². The molecule has 0 spiro atoms. The number of hydrogen-bond acceptors (Lipinski definition) is 2. The largest absolute Gasteiger partial charge is 0.467 e. The molecule has 90 valence electrons. The molecule has 0 aliphatic carbocycles. The summed E-state index contributed by atoms with van der Waals surface area (Å²) in [4.78, 5) is 0. The predicted octanol–water partition coefficient (Wildman–Crippen LogP) is 3.26. The average Bonchev–Trinajstić information content (AvgIpc) is 2.83. The van der Waals surface area contributed by atoms with E-state index in [4.69, 9.17) is 4.42 Å². The molecule has 0 bridgehead atoms. The molecule has 1 atom stereocenters. The van der Waals surface area contributed by atoms with Crippen LogP contribution in [0.5, 0.6) is 0 Å². The third kappa shape index (κ3) is 2.53. The van der Waals surface area contributed by atoms with Gasteiger partial charge in [0.1, 0.15) is 17.4 Å². The molecule has 1 N–H and O–H groups in total. The molecule has 0 fully saturated rings. The van der Waals surface area contributed by atoms with Crippen molar-refractivity contribution >= 4 is 0 Å². The Morgan fingerprint density at radius 3 is 2.76 bits per heavy atom. The van der Waals surface area contributed by atoms with Gasteiger partial charge in [-0.15, -0.1) is 0 Å². The lowest BCUT2D eigenvalue weighted by atomic mass is 10.0. The van der Waals surface area contributed by atoms with E-state index in [2.05, 4.69) is 5.32 Å². The summed E-state index contributed by atoms with van der Waals surface area (Å²) in [6.45, 7) is 2.52. The Bertz CT molecular complexity index is 482. The SMILES string of the molecule is CCNC(c1ccco1)c1cc(F)ccc1F. The Morgan fingerprint density at radius 1 is 1.29 bits per heavy atom. The fourth-order valence-electron chi connectivity index (χ4n) is 1.76. The van der Waals surface area contributed by atoms with Crippen molar-refractivity contribution in [3.8, 4) is 0 Å². The minimum atomic E-state index is -0.467. The van der Waals surface area contributed by atoms with Crippen LogP contribution < -0.4 is 5.32 Å². The second-order valence-corrected chi connectivity index (χ2v) is 3.67. The van der Waals surface area contributed by atoms with Gasteiger partial charge in [0, 0.05) is 5.56 Å². The van der Waals surface area contributed by atoms with Gasteiger partial charge in [0.2, 0.25) is 0 Å². The fraction of sp³-hybridized carbons (Fsp3) is 0.231. The number of nitrogens with one attached hydrogen (secondary N) is 1. The van der Waals surface area contributed by atoms with Gasteiger partial charge in [0.05, 0.1) is 12.3 Å². The van der Waals surface area contributed by atoms with Gasteiger partial charge in [-0.25, -0.2) is 8.78 Å². The van der Waals surface area contributed by atoms with Crippen LogP contribution in [0.1, 0.15) is 24.3 Å². The standard InChI is InChI=1S/C13H13F2NO/c1-2-16-13(12-4-3-7-17-12)10-8-9(14)5-6-11(10)15/h3-8,13,16H,2H2,1H3. The zero-order valence-electron chi connectivity index (χ0n) is 9.41. The van der Waals surface area contributed by atoms with Crippen molar-refractivity contribution in [3.05, 3.63) is 59.6 Å². The minimum absolute atomic E-state index is 0.252. The molecule has 2 aromatic rings. The van der Waals surface area contributed by atoms with Crippen LogP contribution in [-0.4, -0.2) is 6.54 Å². The van der Waals surface area contributed by atoms with Crippen molar-refractivity contribution in [2.24, 2.45) is 0 Å². The monoisotopic (exact) mass is 237 g/mol. The highest BCUT2D eigenvalue weighted by atomic mass is 19.1. The van der Waals surface area contributed by atoms with Gasteiger partial charge in [0.25, 0.3) is 0 Å². The zero-order chi connectivity index (χ0) is 12.3. The Hall–Kier alpha value is -1.68. The van der Waals surface area contributed by atoms with Crippen molar-refractivity contribution in [3.63, 3.8) is 0 Å². The summed E-state index contributed by atoms with van der Waals surface area (Å²) in [5, 5.41) is 3.07. The molecular weight excluding hydrogens is 224 g/mol. The Labute approximate surface area is 98.3 Å². The lowest BCUT2D eigenvalue weighted by Crippen LogP contribution is -2.22. The normalized spacial score (nSPS) is 12.6. The first-order valence-electron chi connectivity index (χ1n) is 5.44. The summed E-state index contributed by atoms with van der Waals surface area (Å²) in [5.74, 6) is -0.346. The van der Waals surface area contributed by atoms with E-state index >= 15 is 0 Å². The number of halogens is 2. The maximum Gasteiger partial charge on any atom is 0.128 e. The van der Waals surface area contributed by atoms with Crippen LogP contribution in [0.4, 0.5) is 8.78 Å². The molecule has 0 saturated heterocycles. The maximum absolute atomic E-state index is 13.7. The van der Waals surface area contributed by atoms with Crippen LogP contribution in [0.25, 0.3) is 0 Å². The van der Waals surface area contributed by atoms with E-state index in [0.29, 0.717) is 12.3 Å². The first-order chi connectivity index (χ1) is 8.22. The van der Waals surface area contributed by atoms with Gasteiger partial charge in [-0.2, -0.15) is 0 Å². The van der Waals surface area contributed by atoms with Crippen molar-refractivity contribution in [2.45, 2.75) is 13.0 Å². The molecule has 0 radical (unpaired) electrons. The van der Waals surface area contributed by atoms with Gasteiger partial charge >= 0.3 is 0 Å². The van der Waals surface area contributed by atoms with E-state index in [1.807, 2.05) is 6.92 Å². The van der Waals surface area contributed by atoms with E-state index in [1.165, 1.54) is 12.3 Å². The van der Waals surface area contributed by atoms with Gasteiger partial charge in [-0.1, -0.05) is 6.92 Å².